The third kappa shape index (κ3) is 6.22. The zero-order valence-electron chi connectivity index (χ0n) is 22.6. The molecular weight excluding hydrogens is 508 g/mol. The van der Waals surface area contributed by atoms with Crippen molar-refractivity contribution in [3.05, 3.63) is 92.8 Å². The van der Waals surface area contributed by atoms with E-state index in [9.17, 15) is 19.2 Å². The Morgan fingerprint density at radius 3 is 2.42 bits per heavy atom. The van der Waals surface area contributed by atoms with Gasteiger partial charge in [0, 0.05) is 30.8 Å². The largest absolute Gasteiger partial charge is 0.356 e. The maximum atomic E-state index is 13.5. The van der Waals surface area contributed by atoms with Crippen LogP contribution in [0.4, 0.5) is 5.82 Å². The Kier molecular flexibility index (Phi) is 8.23. The molecule has 2 amide bonds. The van der Waals surface area contributed by atoms with Crippen LogP contribution in [0.25, 0.3) is 10.9 Å². The molecule has 5 rings (SSSR count). The number of carbonyl (C=O) groups excluding carboxylic acids is 2. The zero-order valence-corrected chi connectivity index (χ0v) is 22.6. The van der Waals surface area contributed by atoms with Crippen molar-refractivity contribution in [2.75, 3.05) is 11.9 Å². The van der Waals surface area contributed by atoms with Crippen molar-refractivity contribution in [3.63, 3.8) is 0 Å². The number of anilines is 1. The van der Waals surface area contributed by atoms with E-state index in [0.717, 1.165) is 25.0 Å². The summed E-state index contributed by atoms with van der Waals surface area (Å²) in [6, 6.07) is 18.6. The van der Waals surface area contributed by atoms with Crippen LogP contribution >= 0.6 is 0 Å². The molecule has 0 radical (unpaired) electrons. The Balaban J connectivity index is 1.24. The predicted molar refractivity (Wildman–Crippen MR) is 153 cm³/mol. The fourth-order valence-corrected chi connectivity index (χ4v) is 5.48. The van der Waals surface area contributed by atoms with Crippen molar-refractivity contribution in [2.45, 2.75) is 52.1 Å². The number of fused-ring (bicyclic) bond motifs is 1. The van der Waals surface area contributed by atoms with Gasteiger partial charge in [0.05, 0.1) is 10.9 Å². The smallest absolute Gasteiger partial charge is 0.331 e. The first-order valence-corrected chi connectivity index (χ1v) is 13.7. The third-order valence-corrected chi connectivity index (χ3v) is 7.62. The number of benzene rings is 2. The van der Waals surface area contributed by atoms with E-state index in [4.69, 9.17) is 0 Å². The summed E-state index contributed by atoms with van der Waals surface area (Å²) in [6.07, 6.45) is 3.70. The molecule has 0 bridgehead atoms. The van der Waals surface area contributed by atoms with E-state index in [-0.39, 0.29) is 36.4 Å². The number of nitrogens with one attached hydrogen (secondary N) is 3. The molecule has 208 valence electrons. The molecule has 1 aliphatic carbocycles. The molecule has 1 saturated carbocycles. The van der Waals surface area contributed by atoms with Crippen LogP contribution < -0.4 is 21.9 Å². The van der Waals surface area contributed by atoms with Crippen molar-refractivity contribution in [2.24, 2.45) is 11.8 Å². The zero-order chi connectivity index (χ0) is 28.1. The van der Waals surface area contributed by atoms with Crippen molar-refractivity contribution < 1.29 is 9.59 Å². The van der Waals surface area contributed by atoms with Gasteiger partial charge in [0.15, 0.2) is 5.82 Å². The van der Waals surface area contributed by atoms with Crippen LogP contribution in [0, 0.1) is 18.8 Å². The lowest BCUT2D eigenvalue weighted by Crippen LogP contribution is -2.43. The topological polar surface area (TPSA) is 131 Å². The van der Waals surface area contributed by atoms with Crippen LogP contribution in [0.1, 0.15) is 36.9 Å². The standard InChI is InChI=1S/C30H34N6O4/c1-20-17-26(34-33-20)32-27(37)19-35-25-10-6-5-9-24(25)29(39)36(30(35)40)18-22-11-13-23(14-12-22)28(38)31-16-15-21-7-3-2-4-8-21/h2-10,17,22-23H,11-16,18-19H2,1H3,(H,31,38)(H2,32,33,34,37). The molecule has 0 saturated heterocycles. The molecule has 40 heavy (non-hydrogen) atoms. The average Bonchev–Trinajstić information content (AvgIpc) is 3.38. The van der Waals surface area contributed by atoms with Gasteiger partial charge in [-0.05, 0) is 62.6 Å². The number of aromatic amines is 1. The molecule has 2 aromatic heterocycles. The molecule has 0 unspecified atom stereocenters. The molecular formula is C30H34N6O4. The monoisotopic (exact) mass is 542 g/mol. The first kappa shape index (κ1) is 27.1. The summed E-state index contributed by atoms with van der Waals surface area (Å²) in [5, 5.41) is 12.9. The predicted octanol–water partition coefficient (Wildman–Crippen LogP) is 3.00. The fraction of sp³-hybridized carbons (Fsp3) is 0.367. The van der Waals surface area contributed by atoms with Gasteiger partial charge in [-0.3, -0.25) is 28.6 Å². The van der Waals surface area contributed by atoms with E-state index in [1.807, 2.05) is 37.3 Å². The quantitative estimate of drug-likeness (QED) is 0.299. The number of rotatable bonds is 9. The number of hydrogen-bond donors (Lipinski definition) is 3. The lowest BCUT2D eigenvalue weighted by Gasteiger charge is -2.28. The second-order valence-electron chi connectivity index (χ2n) is 10.5. The van der Waals surface area contributed by atoms with E-state index < -0.39 is 11.6 Å². The molecule has 4 aromatic rings. The molecule has 3 N–H and O–H groups in total. The first-order valence-electron chi connectivity index (χ1n) is 13.7. The number of para-hydroxylation sites is 1. The van der Waals surface area contributed by atoms with Gasteiger partial charge in [-0.1, -0.05) is 42.5 Å². The Bertz CT molecular complexity index is 1610. The van der Waals surface area contributed by atoms with E-state index in [1.54, 1.807) is 30.3 Å². The highest BCUT2D eigenvalue weighted by molar-refractivity contribution is 5.90. The number of H-pyrrole nitrogens is 1. The lowest BCUT2D eigenvalue weighted by atomic mass is 9.81. The fourth-order valence-electron chi connectivity index (χ4n) is 5.48. The van der Waals surface area contributed by atoms with Gasteiger partial charge in [0.25, 0.3) is 5.56 Å². The molecule has 0 spiro atoms. The second kappa shape index (κ2) is 12.1. The normalized spacial score (nSPS) is 17.0. The minimum Gasteiger partial charge on any atom is -0.356 e. The molecule has 2 aromatic carbocycles. The van der Waals surface area contributed by atoms with Crippen LogP contribution in [0.3, 0.4) is 0 Å². The summed E-state index contributed by atoms with van der Waals surface area (Å²) in [7, 11) is 0. The van der Waals surface area contributed by atoms with E-state index in [1.165, 1.54) is 14.7 Å². The van der Waals surface area contributed by atoms with E-state index in [0.29, 0.717) is 36.1 Å². The Morgan fingerprint density at radius 1 is 0.975 bits per heavy atom. The Morgan fingerprint density at radius 2 is 1.70 bits per heavy atom. The molecule has 10 heteroatoms. The van der Waals surface area contributed by atoms with Crippen molar-refractivity contribution in [1.29, 1.82) is 0 Å². The first-order chi connectivity index (χ1) is 19.4. The highest BCUT2D eigenvalue weighted by Gasteiger charge is 2.27. The van der Waals surface area contributed by atoms with Gasteiger partial charge in [0.2, 0.25) is 11.8 Å². The lowest BCUT2D eigenvalue weighted by molar-refractivity contribution is -0.126. The number of amides is 2. The molecule has 2 heterocycles. The third-order valence-electron chi connectivity index (χ3n) is 7.62. The number of nitrogens with zero attached hydrogens (tertiary/aromatic N) is 3. The maximum Gasteiger partial charge on any atom is 0.331 e. The van der Waals surface area contributed by atoms with Crippen LogP contribution in [0.15, 0.2) is 70.3 Å². The van der Waals surface area contributed by atoms with Gasteiger partial charge < -0.3 is 10.6 Å². The van der Waals surface area contributed by atoms with Crippen LogP contribution in [0.2, 0.25) is 0 Å². The van der Waals surface area contributed by atoms with Crippen LogP contribution in [-0.4, -0.2) is 37.7 Å². The highest BCUT2D eigenvalue weighted by atomic mass is 16.2. The molecule has 10 nitrogen and oxygen atoms in total. The minimum absolute atomic E-state index is 0.0635. The van der Waals surface area contributed by atoms with Gasteiger partial charge in [-0.15, -0.1) is 0 Å². The molecule has 0 aliphatic heterocycles. The van der Waals surface area contributed by atoms with Gasteiger partial charge in [0.1, 0.15) is 6.54 Å². The summed E-state index contributed by atoms with van der Waals surface area (Å²) in [5.41, 5.74) is 1.52. The van der Waals surface area contributed by atoms with Gasteiger partial charge in [-0.2, -0.15) is 5.10 Å². The number of carbonyl (C=O) groups is 2. The number of aryl methyl sites for hydroxylation is 1. The highest BCUT2D eigenvalue weighted by Crippen LogP contribution is 2.29. The van der Waals surface area contributed by atoms with Crippen LogP contribution in [-0.2, 0) is 29.1 Å². The molecule has 1 fully saturated rings. The maximum absolute atomic E-state index is 13.5. The van der Waals surface area contributed by atoms with Gasteiger partial charge >= 0.3 is 5.69 Å². The number of aromatic nitrogens is 4. The summed E-state index contributed by atoms with van der Waals surface area (Å²) in [4.78, 5) is 52.4. The molecule has 0 atom stereocenters. The van der Waals surface area contributed by atoms with Crippen molar-refractivity contribution >= 4 is 28.5 Å². The summed E-state index contributed by atoms with van der Waals surface area (Å²) >= 11 is 0. The van der Waals surface area contributed by atoms with Gasteiger partial charge in [-0.25, -0.2) is 4.79 Å². The summed E-state index contributed by atoms with van der Waals surface area (Å²) < 4.78 is 2.59. The van der Waals surface area contributed by atoms with Crippen molar-refractivity contribution in [1.82, 2.24) is 24.6 Å². The SMILES string of the molecule is Cc1cc(NC(=O)Cn2c(=O)n(CC3CCC(C(=O)NCCc4ccccc4)CC3)c(=O)c3ccccc32)n[nH]1. The summed E-state index contributed by atoms with van der Waals surface area (Å²) in [6.45, 7) is 2.43. The van der Waals surface area contributed by atoms with E-state index in [2.05, 4.69) is 20.8 Å². The molecule has 1 aliphatic rings. The average molecular weight is 543 g/mol. The minimum atomic E-state index is -0.516. The van der Waals surface area contributed by atoms with Crippen molar-refractivity contribution in [3.8, 4) is 0 Å². The Labute approximate surface area is 231 Å². The second-order valence-corrected chi connectivity index (χ2v) is 10.5. The summed E-state index contributed by atoms with van der Waals surface area (Å²) in [5.74, 6) is 0.0510. The number of hydrogen-bond acceptors (Lipinski definition) is 5. The van der Waals surface area contributed by atoms with E-state index >= 15 is 0 Å². The van der Waals surface area contributed by atoms with Crippen LogP contribution in [0.5, 0.6) is 0 Å². The Hall–Kier alpha value is -4.47.